The van der Waals surface area contributed by atoms with E-state index in [1.165, 1.54) is 12.3 Å². The van der Waals surface area contributed by atoms with Gasteiger partial charge in [0, 0.05) is 12.2 Å². The first-order valence-electron chi connectivity index (χ1n) is 6.83. The number of para-hydroxylation sites is 1. The van der Waals surface area contributed by atoms with Crippen molar-refractivity contribution in [3.05, 3.63) is 42.3 Å². The Morgan fingerprint density at radius 1 is 1.23 bits per heavy atom. The van der Waals surface area contributed by atoms with Crippen molar-refractivity contribution in [2.45, 2.75) is 12.5 Å². The number of hydrogen-bond donors (Lipinski definition) is 2. The highest BCUT2D eigenvalue weighted by Gasteiger charge is 2.27. The van der Waals surface area contributed by atoms with Crippen LogP contribution in [0.4, 0.5) is 21.8 Å². The molecule has 3 rings (SSSR count). The van der Waals surface area contributed by atoms with Crippen molar-refractivity contribution < 1.29 is 12.8 Å². The van der Waals surface area contributed by atoms with E-state index in [2.05, 4.69) is 20.6 Å². The van der Waals surface area contributed by atoms with Crippen molar-refractivity contribution in [3.63, 3.8) is 0 Å². The van der Waals surface area contributed by atoms with Gasteiger partial charge in [-0.25, -0.2) is 17.8 Å². The van der Waals surface area contributed by atoms with Gasteiger partial charge < -0.3 is 10.6 Å². The summed E-state index contributed by atoms with van der Waals surface area (Å²) in [6, 6.07) is 7.73. The largest absolute Gasteiger partial charge is 0.366 e. The summed E-state index contributed by atoms with van der Waals surface area (Å²) >= 11 is 0. The average molecular weight is 322 g/mol. The molecule has 0 spiro atoms. The first kappa shape index (κ1) is 14.7. The molecular formula is C14H15FN4O2S. The number of anilines is 3. The van der Waals surface area contributed by atoms with Crippen molar-refractivity contribution in [2.24, 2.45) is 0 Å². The molecule has 22 heavy (non-hydrogen) atoms. The van der Waals surface area contributed by atoms with E-state index in [4.69, 9.17) is 0 Å². The van der Waals surface area contributed by atoms with Gasteiger partial charge in [0.05, 0.1) is 17.2 Å². The summed E-state index contributed by atoms with van der Waals surface area (Å²) in [5.74, 6) is 0.654. The second kappa shape index (κ2) is 5.88. The molecule has 0 bridgehead atoms. The zero-order valence-corrected chi connectivity index (χ0v) is 12.5. The molecular weight excluding hydrogens is 307 g/mol. The lowest BCUT2D eigenvalue weighted by atomic mass is 10.2. The van der Waals surface area contributed by atoms with E-state index in [0.717, 1.165) is 0 Å². The van der Waals surface area contributed by atoms with Gasteiger partial charge >= 0.3 is 0 Å². The van der Waals surface area contributed by atoms with E-state index >= 15 is 0 Å². The minimum absolute atomic E-state index is 0.104. The van der Waals surface area contributed by atoms with Crippen LogP contribution in [0.5, 0.6) is 0 Å². The maximum absolute atomic E-state index is 13.6. The molecule has 2 aromatic rings. The summed E-state index contributed by atoms with van der Waals surface area (Å²) in [4.78, 5) is 8.26. The van der Waals surface area contributed by atoms with Crippen molar-refractivity contribution >= 4 is 27.3 Å². The molecule has 1 aliphatic rings. The predicted octanol–water partition coefficient (Wildman–Crippen LogP) is 1.96. The Hall–Kier alpha value is -2.22. The Morgan fingerprint density at radius 3 is 2.77 bits per heavy atom. The van der Waals surface area contributed by atoms with E-state index < -0.39 is 15.7 Å². The standard InChI is InChI=1S/C14H15FN4O2S/c15-11-3-1-2-4-12(11)18-14-16-7-5-13(19-14)17-10-6-8-22(20,21)9-10/h1-5,7,10H,6,8-9H2,(H2,16,17,18,19). The summed E-state index contributed by atoms with van der Waals surface area (Å²) < 4.78 is 36.5. The van der Waals surface area contributed by atoms with Crippen molar-refractivity contribution in [1.29, 1.82) is 0 Å². The minimum atomic E-state index is -2.95. The molecule has 2 N–H and O–H groups in total. The van der Waals surface area contributed by atoms with Gasteiger partial charge in [-0.3, -0.25) is 0 Å². The van der Waals surface area contributed by atoms with Crippen LogP contribution in [0.15, 0.2) is 36.5 Å². The van der Waals surface area contributed by atoms with Crippen LogP contribution in [0.2, 0.25) is 0 Å². The summed E-state index contributed by atoms with van der Waals surface area (Å²) in [5.41, 5.74) is 0.281. The Morgan fingerprint density at radius 2 is 2.05 bits per heavy atom. The molecule has 0 amide bonds. The summed E-state index contributed by atoms with van der Waals surface area (Å²) in [7, 11) is -2.95. The summed E-state index contributed by atoms with van der Waals surface area (Å²) in [6.45, 7) is 0. The molecule has 8 heteroatoms. The van der Waals surface area contributed by atoms with E-state index in [-0.39, 0.29) is 29.2 Å². The monoisotopic (exact) mass is 322 g/mol. The van der Waals surface area contributed by atoms with Crippen LogP contribution in [-0.2, 0) is 9.84 Å². The Labute approximate surface area is 127 Å². The van der Waals surface area contributed by atoms with Crippen molar-refractivity contribution in [2.75, 3.05) is 22.1 Å². The fourth-order valence-electron chi connectivity index (χ4n) is 2.30. The highest BCUT2D eigenvalue weighted by atomic mass is 32.2. The van der Waals surface area contributed by atoms with Crippen LogP contribution in [0.1, 0.15) is 6.42 Å². The van der Waals surface area contributed by atoms with Gasteiger partial charge in [-0.05, 0) is 24.6 Å². The maximum atomic E-state index is 13.6. The normalized spacial score (nSPS) is 19.8. The maximum Gasteiger partial charge on any atom is 0.229 e. The lowest BCUT2D eigenvalue weighted by Crippen LogP contribution is -2.21. The first-order chi connectivity index (χ1) is 10.5. The zero-order valence-electron chi connectivity index (χ0n) is 11.7. The lowest BCUT2D eigenvalue weighted by Gasteiger charge is -2.12. The van der Waals surface area contributed by atoms with Gasteiger partial charge in [0.15, 0.2) is 9.84 Å². The van der Waals surface area contributed by atoms with E-state index in [0.29, 0.717) is 12.2 Å². The SMILES string of the molecule is O=S1(=O)CCC(Nc2ccnc(Nc3ccccc3F)n2)C1. The van der Waals surface area contributed by atoms with E-state index in [1.807, 2.05) is 0 Å². The molecule has 116 valence electrons. The number of benzene rings is 1. The molecule has 6 nitrogen and oxygen atoms in total. The van der Waals surface area contributed by atoms with Crippen molar-refractivity contribution in [3.8, 4) is 0 Å². The molecule has 1 fully saturated rings. The smallest absolute Gasteiger partial charge is 0.229 e. The summed E-state index contributed by atoms with van der Waals surface area (Å²) in [5, 5.41) is 5.87. The van der Waals surface area contributed by atoms with Gasteiger partial charge in [-0.2, -0.15) is 4.98 Å². The van der Waals surface area contributed by atoms with E-state index in [1.54, 1.807) is 24.3 Å². The van der Waals surface area contributed by atoms with Crippen LogP contribution in [0.3, 0.4) is 0 Å². The Balaban J connectivity index is 1.72. The molecule has 0 aliphatic carbocycles. The number of aromatic nitrogens is 2. The predicted molar refractivity (Wildman–Crippen MR) is 82.4 cm³/mol. The van der Waals surface area contributed by atoms with Crippen LogP contribution in [-0.4, -0.2) is 35.9 Å². The van der Waals surface area contributed by atoms with Gasteiger partial charge in [0.2, 0.25) is 5.95 Å². The number of nitrogens with one attached hydrogen (secondary N) is 2. The highest BCUT2D eigenvalue weighted by molar-refractivity contribution is 7.91. The van der Waals surface area contributed by atoms with Crippen LogP contribution < -0.4 is 10.6 Å². The lowest BCUT2D eigenvalue weighted by molar-refractivity contribution is 0.602. The number of halogens is 1. The van der Waals surface area contributed by atoms with Gasteiger partial charge in [0.1, 0.15) is 11.6 Å². The molecule has 1 aromatic heterocycles. The molecule has 2 heterocycles. The topological polar surface area (TPSA) is 84.0 Å². The van der Waals surface area contributed by atoms with Gasteiger partial charge in [-0.1, -0.05) is 12.1 Å². The van der Waals surface area contributed by atoms with Crippen LogP contribution in [0.25, 0.3) is 0 Å². The Kier molecular flexibility index (Phi) is 3.93. The first-order valence-corrected chi connectivity index (χ1v) is 8.65. The molecule has 0 saturated carbocycles. The fourth-order valence-corrected chi connectivity index (χ4v) is 3.97. The number of nitrogens with zero attached hydrogens (tertiary/aromatic N) is 2. The zero-order chi connectivity index (χ0) is 15.6. The molecule has 1 aromatic carbocycles. The number of rotatable bonds is 4. The molecule has 1 aliphatic heterocycles. The summed E-state index contributed by atoms with van der Waals surface area (Å²) in [6.07, 6.45) is 2.09. The minimum Gasteiger partial charge on any atom is -0.366 e. The number of sulfone groups is 1. The molecule has 1 unspecified atom stereocenters. The third-order valence-corrected chi connectivity index (χ3v) is 5.13. The fraction of sp³-hybridized carbons (Fsp3) is 0.286. The van der Waals surface area contributed by atoms with Crippen LogP contribution >= 0.6 is 0 Å². The number of hydrogen-bond acceptors (Lipinski definition) is 6. The van der Waals surface area contributed by atoms with Crippen LogP contribution in [0, 0.1) is 5.82 Å². The molecule has 1 atom stereocenters. The second-order valence-corrected chi connectivity index (χ2v) is 7.34. The van der Waals surface area contributed by atoms with Crippen molar-refractivity contribution in [1.82, 2.24) is 9.97 Å². The Bertz CT molecular complexity index is 782. The third kappa shape index (κ3) is 3.51. The molecule has 1 saturated heterocycles. The highest BCUT2D eigenvalue weighted by Crippen LogP contribution is 2.19. The quantitative estimate of drug-likeness (QED) is 0.895. The van der Waals surface area contributed by atoms with Gasteiger partial charge in [0.25, 0.3) is 0 Å². The van der Waals surface area contributed by atoms with Gasteiger partial charge in [-0.15, -0.1) is 0 Å². The average Bonchev–Trinajstić information content (AvgIpc) is 2.81. The van der Waals surface area contributed by atoms with E-state index in [9.17, 15) is 12.8 Å². The third-order valence-electron chi connectivity index (χ3n) is 3.36. The second-order valence-electron chi connectivity index (χ2n) is 5.11. The molecule has 0 radical (unpaired) electrons.